The molecule has 26 heavy (non-hydrogen) atoms. The summed E-state index contributed by atoms with van der Waals surface area (Å²) in [4.78, 5) is 27.1. The molecule has 7 heteroatoms. The molecule has 0 N–H and O–H groups in total. The molecule has 0 spiro atoms. The van der Waals surface area contributed by atoms with Gasteiger partial charge in [0.05, 0.1) is 6.54 Å². The van der Waals surface area contributed by atoms with E-state index in [-0.39, 0.29) is 17.8 Å². The minimum Gasteiger partial charge on any atom is -0.338 e. The number of rotatable bonds is 5. The predicted octanol–water partition coefficient (Wildman–Crippen LogP) is 1.96. The second-order valence-electron chi connectivity index (χ2n) is 6.56. The highest BCUT2D eigenvalue weighted by Gasteiger charge is 2.24. The molecule has 3 rings (SSSR count). The second-order valence-corrected chi connectivity index (χ2v) is 6.56. The Balaban J connectivity index is 1.51. The Kier molecular flexibility index (Phi) is 5.78. The van der Waals surface area contributed by atoms with E-state index in [0.29, 0.717) is 25.6 Å². The van der Waals surface area contributed by atoms with Crippen molar-refractivity contribution < 1.29 is 9.18 Å². The Labute approximate surface area is 153 Å². The summed E-state index contributed by atoms with van der Waals surface area (Å²) in [7, 11) is 1.92. The molecule has 1 unspecified atom stereocenters. The SMILES string of the molecule is CC(c1ccc(F)cc1)N(C)CC(=O)N1CCN(c2ncccn2)CC1. The van der Waals surface area contributed by atoms with Gasteiger partial charge in [-0.05, 0) is 37.7 Å². The monoisotopic (exact) mass is 357 g/mol. The molecular weight excluding hydrogens is 333 g/mol. The minimum atomic E-state index is -0.250. The van der Waals surface area contributed by atoms with E-state index in [9.17, 15) is 9.18 Å². The van der Waals surface area contributed by atoms with Crippen LogP contribution in [0.2, 0.25) is 0 Å². The standard InChI is InChI=1S/C19H24FN5O/c1-15(16-4-6-17(20)7-5-16)23(2)14-18(26)24-10-12-25(13-11-24)19-21-8-3-9-22-19/h3-9,15H,10-14H2,1-2H3. The van der Waals surface area contributed by atoms with Gasteiger partial charge in [-0.1, -0.05) is 12.1 Å². The van der Waals surface area contributed by atoms with Gasteiger partial charge in [-0.3, -0.25) is 9.69 Å². The van der Waals surface area contributed by atoms with Crippen LogP contribution < -0.4 is 4.90 Å². The molecule has 1 aromatic heterocycles. The fourth-order valence-electron chi connectivity index (χ4n) is 3.06. The van der Waals surface area contributed by atoms with Crippen LogP contribution in [0.5, 0.6) is 0 Å². The Morgan fingerprint density at radius 3 is 2.38 bits per heavy atom. The number of anilines is 1. The first-order chi connectivity index (χ1) is 12.5. The molecule has 138 valence electrons. The maximum Gasteiger partial charge on any atom is 0.236 e. The lowest BCUT2D eigenvalue weighted by Crippen LogP contribution is -2.51. The first-order valence-electron chi connectivity index (χ1n) is 8.80. The third-order valence-corrected chi connectivity index (χ3v) is 4.87. The molecule has 2 aromatic rings. The Hall–Kier alpha value is -2.54. The highest BCUT2D eigenvalue weighted by Crippen LogP contribution is 2.19. The lowest BCUT2D eigenvalue weighted by molar-refractivity contribution is -0.132. The molecule has 1 saturated heterocycles. The van der Waals surface area contributed by atoms with Crippen molar-refractivity contribution in [2.75, 3.05) is 44.7 Å². The molecular formula is C19H24FN5O. The van der Waals surface area contributed by atoms with Gasteiger partial charge in [-0.25, -0.2) is 14.4 Å². The van der Waals surface area contributed by atoms with Crippen molar-refractivity contribution in [3.63, 3.8) is 0 Å². The van der Waals surface area contributed by atoms with Crippen molar-refractivity contribution >= 4 is 11.9 Å². The summed E-state index contributed by atoms with van der Waals surface area (Å²) in [5.74, 6) is 0.566. The van der Waals surface area contributed by atoms with Gasteiger partial charge in [0.2, 0.25) is 11.9 Å². The molecule has 2 heterocycles. The predicted molar refractivity (Wildman–Crippen MR) is 98.3 cm³/mol. The quantitative estimate of drug-likeness (QED) is 0.819. The number of benzene rings is 1. The van der Waals surface area contributed by atoms with E-state index < -0.39 is 0 Å². The number of carbonyl (C=O) groups excluding carboxylic acids is 1. The van der Waals surface area contributed by atoms with E-state index in [2.05, 4.69) is 14.9 Å². The van der Waals surface area contributed by atoms with Gasteiger partial charge in [0, 0.05) is 44.6 Å². The van der Waals surface area contributed by atoms with Crippen LogP contribution in [0.15, 0.2) is 42.7 Å². The van der Waals surface area contributed by atoms with Crippen molar-refractivity contribution in [2.45, 2.75) is 13.0 Å². The van der Waals surface area contributed by atoms with Gasteiger partial charge in [0.1, 0.15) is 5.82 Å². The van der Waals surface area contributed by atoms with Crippen molar-refractivity contribution in [1.82, 2.24) is 19.8 Å². The van der Waals surface area contributed by atoms with Crippen molar-refractivity contribution in [3.05, 3.63) is 54.1 Å². The summed E-state index contributed by atoms with van der Waals surface area (Å²) in [5, 5.41) is 0. The molecule has 1 aliphatic rings. The molecule has 0 saturated carbocycles. The normalized spacial score (nSPS) is 16.0. The summed E-state index contributed by atoms with van der Waals surface area (Å²) < 4.78 is 13.1. The molecule has 6 nitrogen and oxygen atoms in total. The average molecular weight is 357 g/mol. The number of halogens is 1. The van der Waals surface area contributed by atoms with Gasteiger partial charge in [0.15, 0.2) is 0 Å². The zero-order valence-corrected chi connectivity index (χ0v) is 15.2. The van der Waals surface area contributed by atoms with E-state index in [1.807, 2.05) is 23.8 Å². The maximum atomic E-state index is 13.1. The number of carbonyl (C=O) groups is 1. The number of nitrogens with zero attached hydrogens (tertiary/aromatic N) is 5. The van der Waals surface area contributed by atoms with Crippen LogP contribution in [-0.4, -0.2) is 65.4 Å². The Bertz CT molecular complexity index is 716. The van der Waals surface area contributed by atoms with E-state index in [1.54, 1.807) is 30.6 Å². The van der Waals surface area contributed by atoms with Crippen LogP contribution in [0.4, 0.5) is 10.3 Å². The molecule has 0 bridgehead atoms. The van der Waals surface area contributed by atoms with Crippen LogP contribution in [-0.2, 0) is 4.79 Å². The highest BCUT2D eigenvalue weighted by molar-refractivity contribution is 5.78. The van der Waals surface area contributed by atoms with Crippen LogP contribution in [0.25, 0.3) is 0 Å². The third-order valence-electron chi connectivity index (χ3n) is 4.87. The number of hydrogen-bond acceptors (Lipinski definition) is 5. The van der Waals surface area contributed by atoms with Gasteiger partial charge in [-0.15, -0.1) is 0 Å². The number of amides is 1. The van der Waals surface area contributed by atoms with E-state index in [1.165, 1.54) is 12.1 Å². The number of aromatic nitrogens is 2. The number of likely N-dealkylation sites (N-methyl/N-ethyl adjacent to an activating group) is 1. The van der Waals surface area contributed by atoms with Gasteiger partial charge >= 0.3 is 0 Å². The molecule has 0 radical (unpaired) electrons. The lowest BCUT2D eigenvalue weighted by atomic mass is 10.1. The topological polar surface area (TPSA) is 52.6 Å². The molecule has 0 aliphatic carbocycles. The fraction of sp³-hybridized carbons (Fsp3) is 0.421. The zero-order chi connectivity index (χ0) is 18.5. The van der Waals surface area contributed by atoms with Gasteiger partial charge < -0.3 is 9.80 Å². The summed E-state index contributed by atoms with van der Waals surface area (Å²) in [6.07, 6.45) is 3.46. The third kappa shape index (κ3) is 4.35. The maximum absolute atomic E-state index is 13.1. The van der Waals surface area contributed by atoms with Gasteiger partial charge in [0.25, 0.3) is 0 Å². The molecule has 1 atom stereocenters. The van der Waals surface area contributed by atoms with Crippen LogP contribution in [0, 0.1) is 5.82 Å². The fourth-order valence-corrected chi connectivity index (χ4v) is 3.06. The van der Waals surface area contributed by atoms with Crippen LogP contribution >= 0.6 is 0 Å². The Morgan fingerprint density at radius 2 is 1.77 bits per heavy atom. The van der Waals surface area contributed by atoms with Crippen molar-refractivity contribution in [2.24, 2.45) is 0 Å². The molecule has 1 amide bonds. The van der Waals surface area contributed by atoms with E-state index >= 15 is 0 Å². The molecule has 1 aliphatic heterocycles. The first-order valence-corrected chi connectivity index (χ1v) is 8.80. The molecule has 1 aromatic carbocycles. The number of piperazine rings is 1. The van der Waals surface area contributed by atoms with Crippen LogP contribution in [0.3, 0.4) is 0 Å². The van der Waals surface area contributed by atoms with Crippen LogP contribution in [0.1, 0.15) is 18.5 Å². The zero-order valence-electron chi connectivity index (χ0n) is 15.2. The summed E-state index contributed by atoms with van der Waals surface area (Å²) in [6, 6.07) is 8.26. The second kappa shape index (κ2) is 8.23. The van der Waals surface area contributed by atoms with Crippen molar-refractivity contribution in [1.29, 1.82) is 0 Å². The average Bonchev–Trinajstić information content (AvgIpc) is 2.68. The summed E-state index contributed by atoms with van der Waals surface area (Å²) in [6.45, 7) is 5.14. The summed E-state index contributed by atoms with van der Waals surface area (Å²) in [5.41, 5.74) is 0.993. The summed E-state index contributed by atoms with van der Waals surface area (Å²) >= 11 is 0. The Morgan fingerprint density at radius 1 is 1.15 bits per heavy atom. The smallest absolute Gasteiger partial charge is 0.236 e. The largest absolute Gasteiger partial charge is 0.338 e. The highest BCUT2D eigenvalue weighted by atomic mass is 19.1. The molecule has 1 fully saturated rings. The minimum absolute atomic E-state index is 0.0403. The van der Waals surface area contributed by atoms with E-state index in [0.717, 1.165) is 18.7 Å². The van der Waals surface area contributed by atoms with Crippen molar-refractivity contribution in [3.8, 4) is 0 Å². The van der Waals surface area contributed by atoms with Gasteiger partial charge in [-0.2, -0.15) is 0 Å². The number of hydrogen-bond donors (Lipinski definition) is 0. The first kappa shape index (κ1) is 18.3. The van der Waals surface area contributed by atoms with E-state index in [4.69, 9.17) is 0 Å². The lowest BCUT2D eigenvalue weighted by Gasteiger charge is -2.36.